The Morgan fingerprint density at radius 1 is 1.24 bits per heavy atom. The molecular formula is C22H28O7. The fraction of sp³-hybridized carbons (Fsp3) is 0.500. The molecule has 1 aromatic carbocycles. The van der Waals surface area contributed by atoms with Gasteiger partial charge in [0.15, 0.2) is 5.60 Å². The Morgan fingerprint density at radius 3 is 2.48 bits per heavy atom. The van der Waals surface area contributed by atoms with E-state index in [1.807, 2.05) is 13.8 Å². The highest BCUT2D eigenvalue weighted by atomic mass is 16.6. The lowest BCUT2D eigenvalue weighted by atomic mass is 9.98. The number of carbonyl (C=O) groups is 3. The Morgan fingerprint density at radius 2 is 1.93 bits per heavy atom. The third kappa shape index (κ3) is 5.90. The van der Waals surface area contributed by atoms with E-state index < -0.39 is 17.5 Å². The smallest absolute Gasteiger partial charge is 0.338 e. The van der Waals surface area contributed by atoms with Crippen molar-refractivity contribution in [3.8, 4) is 5.75 Å². The zero-order valence-electron chi connectivity index (χ0n) is 17.6. The number of rotatable bonds is 9. The van der Waals surface area contributed by atoms with Crippen LogP contribution in [0, 0.1) is 5.92 Å². The van der Waals surface area contributed by atoms with E-state index in [0.717, 1.165) is 0 Å². The van der Waals surface area contributed by atoms with E-state index in [1.165, 1.54) is 6.92 Å². The minimum Gasteiger partial charge on any atom is -0.462 e. The summed E-state index contributed by atoms with van der Waals surface area (Å²) in [6.45, 7) is 8.88. The summed E-state index contributed by atoms with van der Waals surface area (Å²) in [5.41, 5.74) is 0.898. The van der Waals surface area contributed by atoms with Crippen LogP contribution in [0.15, 0.2) is 29.8 Å². The first-order valence-electron chi connectivity index (χ1n) is 9.65. The number of esters is 3. The summed E-state index contributed by atoms with van der Waals surface area (Å²) < 4.78 is 21.6. The molecule has 7 nitrogen and oxygen atoms in total. The van der Waals surface area contributed by atoms with Gasteiger partial charge in [-0.1, -0.05) is 32.1 Å². The average Bonchev–Trinajstić information content (AvgIpc) is 3.50. The van der Waals surface area contributed by atoms with Crippen molar-refractivity contribution in [2.45, 2.75) is 53.2 Å². The maximum atomic E-state index is 12.3. The third-order valence-electron chi connectivity index (χ3n) is 4.89. The molecule has 1 saturated heterocycles. The van der Waals surface area contributed by atoms with Crippen LogP contribution in [0.1, 0.15) is 52.2 Å². The molecule has 1 aliphatic heterocycles. The summed E-state index contributed by atoms with van der Waals surface area (Å²) in [4.78, 5) is 35.5. The second-order valence-electron chi connectivity index (χ2n) is 7.17. The summed E-state index contributed by atoms with van der Waals surface area (Å²) in [7, 11) is 0. The van der Waals surface area contributed by atoms with Crippen molar-refractivity contribution in [1.29, 1.82) is 0 Å². The van der Waals surface area contributed by atoms with E-state index in [4.69, 9.17) is 18.9 Å². The van der Waals surface area contributed by atoms with Crippen LogP contribution in [0.4, 0.5) is 0 Å². The van der Waals surface area contributed by atoms with Gasteiger partial charge in [-0.3, -0.25) is 9.59 Å². The fourth-order valence-electron chi connectivity index (χ4n) is 2.50. The van der Waals surface area contributed by atoms with E-state index in [2.05, 4.69) is 0 Å². The molecule has 7 heteroatoms. The maximum absolute atomic E-state index is 12.3. The zero-order chi connectivity index (χ0) is 21.6. The second kappa shape index (κ2) is 9.69. The van der Waals surface area contributed by atoms with Crippen LogP contribution in [0.5, 0.6) is 5.75 Å². The van der Waals surface area contributed by atoms with E-state index >= 15 is 0 Å². The van der Waals surface area contributed by atoms with E-state index in [1.54, 1.807) is 38.1 Å². The topological polar surface area (TPSA) is 91.4 Å². The number of hydrogen-bond donors (Lipinski definition) is 0. The van der Waals surface area contributed by atoms with Crippen molar-refractivity contribution >= 4 is 17.9 Å². The van der Waals surface area contributed by atoms with Gasteiger partial charge in [0.2, 0.25) is 0 Å². The number of hydrogen-bond acceptors (Lipinski definition) is 7. The first-order valence-corrected chi connectivity index (χ1v) is 9.65. The van der Waals surface area contributed by atoms with Gasteiger partial charge in [0.05, 0.1) is 12.5 Å². The Kier molecular flexibility index (Phi) is 7.56. The number of epoxide rings is 1. The molecule has 0 saturated carbocycles. The lowest BCUT2D eigenvalue weighted by Crippen LogP contribution is -2.22. The summed E-state index contributed by atoms with van der Waals surface area (Å²) in [6.07, 6.45) is 2.35. The second-order valence-corrected chi connectivity index (χ2v) is 7.17. The molecule has 1 fully saturated rings. The van der Waals surface area contributed by atoms with Gasteiger partial charge in [-0.15, -0.1) is 0 Å². The summed E-state index contributed by atoms with van der Waals surface area (Å²) in [5.74, 6) is -1.09. The van der Waals surface area contributed by atoms with E-state index in [9.17, 15) is 14.4 Å². The molecule has 0 bridgehead atoms. The van der Waals surface area contributed by atoms with Crippen molar-refractivity contribution in [2.75, 3.05) is 13.2 Å². The van der Waals surface area contributed by atoms with E-state index in [0.29, 0.717) is 29.7 Å². The molecule has 0 radical (unpaired) electrons. The molecule has 1 heterocycles. The van der Waals surface area contributed by atoms with Crippen LogP contribution in [-0.4, -0.2) is 31.1 Å². The van der Waals surface area contributed by atoms with Crippen molar-refractivity contribution in [2.24, 2.45) is 5.92 Å². The molecule has 1 aromatic rings. The van der Waals surface area contributed by atoms with Gasteiger partial charge in [-0.2, -0.15) is 0 Å². The molecular weight excluding hydrogens is 376 g/mol. The SMILES string of the molecule is C/C=C(/C)C(=O)Oc1cc(COC(=O)[C@H](C)CC)ccc1[C@]1(COC(C)=O)CO1. The first kappa shape index (κ1) is 22.6. The normalized spacial score (nSPS) is 19.3. The molecule has 29 heavy (non-hydrogen) atoms. The Labute approximate surface area is 171 Å². The Hall–Kier alpha value is -2.67. The van der Waals surface area contributed by atoms with Crippen LogP contribution in [0.2, 0.25) is 0 Å². The van der Waals surface area contributed by atoms with Crippen molar-refractivity contribution in [3.05, 3.63) is 41.0 Å². The van der Waals surface area contributed by atoms with Gasteiger partial charge < -0.3 is 18.9 Å². The van der Waals surface area contributed by atoms with Crippen LogP contribution in [0.25, 0.3) is 0 Å². The number of benzene rings is 1. The van der Waals surface area contributed by atoms with Gasteiger partial charge >= 0.3 is 17.9 Å². The highest BCUT2D eigenvalue weighted by molar-refractivity contribution is 5.89. The molecule has 0 aliphatic carbocycles. The number of carbonyl (C=O) groups excluding carboxylic acids is 3. The van der Waals surface area contributed by atoms with Gasteiger partial charge in [0.25, 0.3) is 0 Å². The maximum Gasteiger partial charge on any atom is 0.338 e. The average molecular weight is 404 g/mol. The monoisotopic (exact) mass is 404 g/mol. The molecule has 0 amide bonds. The Balaban J connectivity index is 2.27. The molecule has 2 rings (SSSR count). The predicted octanol–water partition coefficient (Wildman–Crippen LogP) is 3.44. The van der Waals surface area contributed by atoms with Crippen LogP contribution in [-0.2, 0) is 40.8 Å². The van der Waals surface area contributed by atoms with Gasteiger partial charge in [0.1, 0.15) is 19.0 Å². The van der Waals surface area contributed by atoms with E-state index in [-0.39, 0.29) is 30.9 Å². The third-order valence-corrected chi connectivity index (χ3v) is 4.89. The highest BCUT2D eigenvalue weighted by Crippen LogP contribution is 2.44. The van der Waals surface area contributed by atoms with Crippen LogP contribution >= 0.6 is 0 Å². The largest absolute Gasteiger partial charge is 0.462 e. The quantitative estimate of drug-likeness (QED) is 0.269. The molecule has 0 aromatic heterocycles. The summed E-state index contributed by atoms with van der Waals surface area (Å²) in [5, 5.41) is 0. The lowest BCUT2D eigenvalue weighted by Gasteiger charge is -2.18. The molecule has 2 atom stereocenters. The predicted molar refractivity (Wildman–Crippen MR) is 105 cm³/mol. The standard InChI is InChI=1S/C22H28O7/c1-6-14(3)20(24)26-11-17-8-9-18(22(13-28-22)12-27-16(5)23)19(10-17)29-21(25)15(4)7-2/h7-10,14H,6,11-13H2,1-5H3/b15-7-/t14-,22+/m1/s1. The van der Waals surface area contributed by atoms with Gasteiger partial charge in [0, 0.05) is 18.1 Å². The molecule has 0 unspecified atom stereocenters. The Bertz CT molecular complexity index is 805. The zero-order valence-corrected chi connectivity index (χ0v) is 17.6. The molecule has 1 aliphatic rings. The minimum absolute atomic E-state index is 0.0256. The summed E-state index contributed by atoms with van der Waals surface area (Å²) >= 11 is 0. The molecule has 0 N–H and O–H groups in total. The van der Waals surface area contributed by atoms with Crippen molar-refractivity contribution < 1.29 is 33.3 Å². The number of allylic oxidation sites excluding steroid dienone is 1. The van der Waals surface area contributed by atoms with Crippen LogP contribution in [0.3, 0.4) is 0 Å². The van der Waals surface area contributed by atoms with Crippen molar-refractivity contribution in [1.82, 2.24) is 0 Å². The van der Waals surface area contributed by atoms with Gasteiger partial charge in [-0.05, 0) is 31.9 Å². The van der Waals surface area contributed by atoms with Gasteiger partial charge in [-0.25, -0.2) is 4.79 Å². The minimum atomic E-state index is -0.836. The molecule has 158 valence electrons. The summed E-state index contributed by atoms with van der Waals surface area (Å²) in [6, 6.07) is 5.17. The molecule has 0 spiro atoms. The van der Waals surface area contributed by atoms with Crippen LogP contribution < -0.4 is 4.74 Å². The number of ether oxygens (including phenoxy) is 4. The van der Waals surface area contributed by atoms with Crippen molar-refractivity contribution in [3.63, 3.8) is 0 Å². The lowest BCUT2D eigenvalue weighted by molar-refractivity contribution is -0.149. The fourth-order valence-corrected chi connectivity index (χ4v) is 2.50. The highest BCUT2D eigenvalue weighted by Gasteiger charge is 2.50. The first-order chi connectivity index (χ1) is 13.7.